The van der Waals surface area contributed by atoms with Crippen LogP contribution in [0.2, 0.25) is 0 Å². The molecule has 130 valence electrons. The number of aromatic nitrogens is 2. The van der Waals surface area contributed by atoms with Crippen molar-refractivity contribution in [3.05, 3.63) is 47.3 Å². The number of nitrogens with one attached hydrogen (secondary N) is 2. The number of urea groups is 1. The highest BCUT2D eigenvalue weighted by atomic mass is 32.2. The van der Waals surface area contributed by atoms with Gasteiger partial charge in [-0.25, -0.2) is 4.79 Å². The van der Waals surface area contributed by atoms with E-state index in [0.29, 0.717) is 12.3 Å². The highest BCUT2D eigenvalue weighted by Gasteiger charge is 2.17. The van der Waals surface area contributed by atoms with Gasteiger partial charge in [-0.1, -0.05) is 18.2 Å². The normalized spacial score (nSPS) is 13.3. The Morgan fingerprint density at radius 3 is 2.54 bits per heavy atom. The van der Waals surface area contributed by atoms with E-state index in [0.717, 1.165) is 21.8 Å². The Bertz CT molecular complexity index is 728. The number of rotatable bonds is 6. The first kappa shape index (κ1) is 18.2. The zero-order valence-corrected chi connectivity index (χ0v) is 15.3. The lowest BCUT2D eigenvalue weighted by Crippen LogP contribution is -2.39. The topological polar surface area (TPSA) is 76.0 Å². The van der Waals surface area contributed by atoms with Gasteiger partial charge in [-0.05, 0) is 32.9 Å². The molecule has 0 bridgehead atoms. The Labute approximate surface area is 145 Å². The van der Waals surface area contributed by atoms with Gasteiger partial charge in [-0.2, -0.15) is 5.10 Å². The van der Waals surface area contributed by atoms with Crippen molar-refractivity contribution < 1.29 is 9.00 Å². The van der Waals surface area contributed by atoms with Crippen LogP contribution >= 0.6 is 0 Å². The van der Waals surface area contributed by atoms with Gasteiger partial charge < -0.3 is 10.6 Å². The predicted molar refractivity (Wildman–Crippen MR) is 95.3 cm³/mol. The third-order valence-electron chi connectivity index (χ3n) is 3.92. The maximum Gasteiger partial charge on any atom is 0.315 e. The minimum Gasteiger partial charge on any atom is -0.337 e. The molecule has 0 saturated heterocycles. The lowest BCUT2D eigenvalue weighted by atomic mass is 10.1. The Morgan fingerprint density at radius 1 is 1.29 bits per heavy atom. The second-order valence-electron chi connectivity index (χ2n) is 5.69. The molecule has 0 unspecified atom stereocenters. The minimum absolute atomic E-state index is 0.140. The average Bonchev–Trinajstić information content (AvgIpc) is 2.80. The van der Waals surface area contributed by atoms with Crippen molar-refractivity contribution in [2.75, 3.05) is 12.3 Å². The van der Waals surface area contributed by atoms with Crippen LogP contribution in [0.5, 0.6) is 0 Å². The molecule has 1 aromatic carbocycles. The molecule has 7 heteroatoms. The first-order valence-corrected chi connectivity index (χ1v) is 9.20. The first-order chi connectivity index (χ1) is 11.4. The number of carbonyl (C=O) groups excluding carboxylic acids is 1. The van der Waals surface area contributed by atoms with Gasteiger partial charge in [0.25, 0.3) is 0 Å². The monoisotopic (exact) mass is 348 g/mol. The molecule has 6 nitrogen and oxygen atoms in total. The number of hydrogen-bond donors (Lipinski definition) is 2. The molecule has 0 saturated carbocycles. The molecule has 0 aliphatic heterocycles. The molecule has 24 heavy (non-hydrogen) atoms. The van der Waals surface area contributed by atoms with E-state index in [4.69, 9.17) is 0 Å². The summed E-state index contributed by atoms with van der Waals surface area (Å²) in [5.41, 5.74) is 2.97. The minimum atomic E-state index is -1.11. The van der Waals surface area contributed by atoms with Gasteiger partial charge >= 0.3 is 6.03 Å². The number of carbonyl (C=O) groups is 1. The third-order valence-corrected chi connectivity index (χ3v) is 5.30. The van der Waals surface area contributed by atoms with Crippen LogP contribution in [0.25, 0.3) is 0 Å². The fourth-order valence-electron chi connectivity index (χ4n) is 2.68. The third kappa shape index (κ3) is 4.44. The van der Waals surface area contributed by atoms with Crippen molar-refractivity contribution >= 4 is 16.8 Å². The Morgan fingerprint density at radius 2 is 1.96 bits per heavy atom. The second-order valence-corrected chi connectivity index (χ2v) is 7.26. The second kappa shape index (κ2) is 8.10. The van der Waals surface area contributed by atoms with Crippen LogP contribution in [0.1, 0.15) is 29.9 Å². The molecule has 2 amide bonds. The molecule has 0 radical (unpaired) electrons. The zero-order chi connectivity index (χ0) is 17.7. The van der Waals surface area contributed by atoms with Crippen LogP contribution in [-0.4, -0.2) is 32.3 Å². The predicted octanol–water partition coefficient (Wildman–Crippen LogP) is 2.20. The van der Waals surface area contributed by atoms with Gasteiger partial charge in [0.05, 0.1) is 22.5 Å². The largest absolute Gasteiger partial charge is 0.337 e. The fraction of sp³-hybridized carbons (Fsp3) is 0.412. The van der Waals surface area contributed by atoms with Gasteiger partial charge in [0.2, 0.25) is 0 Å². The van der Waals surface area contributed by atoms with Gasteiger partial charge in [-0.3, -0.25) is 8.89 Å². The van der Waals surface area contributed by atoms with Crippen LogP contribution in [0, 0.1) is 13.8 Å². The Balaban J connectivity index is 1.82. The smallest absolute Gasteiger partial charge is 0.315 e. The highest BCUT2D eigenvalue weighted by Crippen LogP contribution is 2.20. The summed E-state index contributed by atoms with van der Waals surface area (Å²) in [5, 5.41) is 10.0. The molecule has 2 atom stereocenters. The molecule has 2 N–H and O–H groups in total. The van der Waals surface area contributed by atoms with E-state index < -0.39 is 10.8 Å². The van der Waals surface area contributed by atoms with E-state index in [1.54, 1.807) is 0 Å². The number of benzene rings is 1. The maximum atomic E-state index is 12.1. The van der Waals surface area contributed by atoms with Crippen molar-refractivity contribution in [3.63, 3.8) is 0 Å². The summed E-state index contributed by atoms with van der Waals surface area (Å²) < 4.78 is 13.9. The molecule has 1 heterocycles. The van der Waals surface area contributed by atoms with Crippen LogP contribution < -0.4 is 10.6 Å². The SMILES string of the molecule is Cc1nn(C)c(C)c1[C@@H](C)NC(=O)NCC[S@@](=O)c1ccccc1. The number of amides is 2. The van der Waals surface area contributed by atoms with Gasteiger partial charge in [-0.15, -0.1) is 0 Å². The lowest BCUT2D eigenvalue weighted by molar-refractivity contribution is 0.238. The van der Waals surface area contributed by atoms with Gasteiger partial charge in [0, 0.05) is 35.5 Å². The summed E-state index contributed by atoms with van der Waals surface area (Å²) in [4.78, 5) is 12.8. The first-order valence-electron chi connectivity index (χ1n) is 7.88. The van der Waals surface area contributed by atoms with E-state index >= 15 is 0 Å². The molecular formula is C17H24N4O2S. The van der Waals surface area contributed by atoms with Crippen molar-refractivity contribution in [2.24, 2.45) is 7.05 Å². The van der Waals surface area contributed by atoms with Crippen molar-refractivity contribution in [1.29, 1.82) is 0 Å². The van der Waals surface area contributed by atoms with Crippen LogP contribution in [-0.2, 0) is 17.8 Å². The number of aryl methyl sites for hydroxylation is 2. The molecule has 2 rings (SSSR count). The standard InChI is InChI=1S/C17H24N4O2S/c1-12(16-13(2)20-21(4)14(16)3)19-17(22)18-10-11-24(23)15-8-6-5-7-9-15/h5-9,12H,10-11H2,1-4H3,(H2,18,19,22)/t12-,24-/m1/s1. The summed E-state index contributed by atoms with van der Waals surface area (Å²) in [6.07, 6.45) is 0. The highest BCUT2D eigenvalue weighted by molar-refractivity contribution is 7.85. The van der Waals surface area contributed by atoms with E-state index in [1.165, 1.54) is 0 Å². The summed E-state index contributed by atoms with van der Waals surface area (Å²) in [5.74, 6) is 0.386. The molecule has 0 fully saturated rings. The van der Waals surface area contributed by atoms with E-state index in [9.17, 15) is 9.00 Å². The van der Waals surface area contributed by atoms with E-state index in [1.807, 2.05) is 62.8 Å². The molecule has 0 aliphatic carbocycles. The summed E-state index contributed by atoms with van der Waals surface area (Å²) in [7, 11) is 0.778. The zero-order valence-electron chi connectivity index (χ0n) is 14.5. The van der Waals surface area contributed by atoms with Crippen molar-refractivity contribution in [3.8, 4) is 0 Å². The molecular weight excluding hydrogens is 324 g/mol. The maximum absolute atomic E-state index is 12.1. The lowest BCUT2D eigenvalue weighted by Gasteiger charge is -2.15. The molecule has 1 aromatic heterocycles. The van der Waals surface area contributed by atoms with Gasteiger partial charge in [0.15, 0.2) is 0 Å². The van der Waals surface area contributed by atoms with E-state index in [2.05, 4.69) is 15.7 Å². The molecule has 0 spiro atoms. The van der Waals surface area contributed by atoms with Crippen molar-refractivity contribution in [1.82, 2.24) is 20.4 Å². The van der Waals surface area contributed by atoms with Crippen LogP contribution in [0.15, 0.2) is 35.2 Å². The Kier molecular flexibility index (Phi) is 6.14. The fourth-order valence-corrected chi connectivity index (χ4v) is 3.67. The number of hydrogen-bond acceptors (Lipinski definition) is 3. The van der Waals surface area contributed by atoms with Gasteiger partial charge in [0.1, 0.15) is 0 Å². The van der Waals surface area contributed by atoms with Crippen LogP contribution in [0.4, 0.5) is 4.79 Å². The summed E-state index contributed by atoms with van der Waals surface area (Å²) in [6, 6.07) is 8.84. The quantitative estimate of drug-likeness (QED) is 0.840. The number of nitrogens with zero attached hydrogens (tertiary/aromatic N) is 2. The molecule has 0 aliphatic rings. The molecule has 2 aromatic rings. The van der Waals surface area contributed by atoms with Crippen LogP contribution in [0.3, 0.4) is 0 Å². The average molecular weight is 348 g/mol. The van der Waals surface area contributed by atoms with Crippen molar-refractivity contribution in [2.45, 2.75) is 31.7 Å². The summed E-state index contributed by atoms with van der Waals surface area (Å²) in [6.45, 7) is 6.19. The van der Waals surface area contributed by atoms with E-state index in [-0.39, 0.29) is 12.1 Å². The summed E-state index contributed by atoms with van der Waals surface area (Å²) >= 11 is 0. The Hall–Kier alpha value is -2.15.